The van der Waals surface area contributed by atoms with Gasteiger partial charge < -0.3 is 10.3 Å². The number of nitrogens with zero attached hydrogens (tertiary/aromatic N) is 3. The average Bonchev–Trinajstić information content (AvgIpc) is 2.46. The highest BCUT2D eigenvalue weighted by Crippen LogP contribution is 2.33. The number of nitrogens with two attached hydrogens (primary N) is 1. The largest absolute Gasteiger partial charge is 0.356 e. The number of nitrogen functional groups attached to an aromatic ring is 1. The minimum Gasteiger partial charge on any atom is -0.356 e. The molecule has 0 saturated carbocycles. The summed E-state index contributed by atoms with van der Waals surface area (Å²) in [7, 11) is 0. The van der Waals surface area contributed by atoms with Crippen LogP contribution >= 0.6 is 0 Å². The molecule has 1 saturated heterocycles. The molecule has 0 aromatic carbocycles. The highest BCUT2D eigenvalue weighted by atomic mass is 15.3. The molecule has 3 N–H and O–H groups in total. The Morgan fingerprint density at radius 1 is 1.20 bits per heavy atom. The summed E-state index contributed by atoms with van der Waals surface area (Å²) >= 11 is 0. The monoisotopic (exact) mass is 277 g/mol. The maximum absolute atomic E-state index is 5.59. The van der Waals surface area contributed by atoms with Gasteiger partial charge in [0.25, 0.3) is 0 Å². The fourth-order valence-electron chi connectivity index (χ4n) is 3.06. The molecule has 1 aliphatic rings. The lowest BCUT2D eigenvalue weighted by molar-refractivity contribution is 0.310. The summed E-state index contributed by atoms with van der Waals surface area (Å²) in [4.78, 5) is 11.2. The van der Waals surface area contributed by atoms with E-state index in [4.69, 9.17) is 5.84 Å². The molecule has 1 aliphatic heterocycles. The van der Waals surface area contributed by atoms with Crippen molar-refractivity contribution in [2.75, 3.05) is 23.4 Å². The number of hydrogen-bond acceptors (Lipinski definition) is 5. The maximum Gasteiger partial charge on any atom is 0.148 e. The van der Waals surface area contributed by atoms with Crippen molar-refractivity contribution >= 4 is 11.6 Å². The van der Waals surface area contributed by atoms with Gasteiger partial charge in [-0.25, -0.2) is 15.8 Å². The Kier molecular flexibility index (Phi) is 4.81. The molecule has 2 heterocycles. The minimum absolute atomic E-state index is 0.347. The number of aromatic nitrogens is 2. The lowest BCUT2D eigenvalue weighted by Gasteiger charge is -2.36. The summed E-state index contributed by atoms with van der Waals surface area (Å²) in [5, 5.41) is 0. The first-order chi connectivity index (χ1) is 9.54. The van der Waals surface area contributed by atoms with Gasteiger partial charge in [-0.2, -0.15) is 0 Å². The number of anilines is 2. The molecule has 0 spiro atoms. The van der Waals surface area contributed by atoms with Crippen LogP contribution in [0, 0.1) is 11.8 Å². The second-order valence-corrected chi connectivity index (χ2v) is 6.33. The third kappa shape index (κ3) is 3.03. The summed E-state index contributed by atoms with van der Waals surface area (Å²) in [5.74, 6) is 9.34. The van der Waals surface area contributed by atoms with Gasteiger partial charge in [-0.3, -0.25) is 0 Å². The fourth-order valence-corrected chi connectivity index (χ4v) is 3.06. The van der Waals surface area contributed by atoms with Gasteiger partial charge in [0.05, 0.1) is 0 Å². The van der Waals surface area contributed by atoms with Gasteiger partial charge in [0, 0.05) is 18.7 Å². The van der Waals surface area contributed by atoms with Crippen molar-refractivity contribution in [1.29, 1.82) is 0 Å². The SMILES string of the molecule is CC(C)c1c(NN)ncnc1N1CCC(C(C)C)CC1. The van der Waals surface area contributed by atoms with Gasteiger partial charge >= 0.3 is 0 Å². The molecule has 0 radical (unpaired) electrons. The third-order valence-electron chi connectivity index (χ3n) is 4.36. The average molecular weight is 277 g/mol. The second-order valence-electron chi connectivity index (χ2n) is 6.33. The van der Waals surface area contributed by atoms with Gasteiger partial charge in [-0.1, -0.05) is 27.7 Å². The molecule has 0 bridgehead atoms. The Bertz CT molecular complexity index is 436. The normalized spacial score (nSPS) is 17.1. The molecule has 1 aromatic rings. The topological polar surface area (TPSA) is 67.1 Å². The molecular formula is C15H27N5. The number of rotatable bonds is 4. The molecule has 0 unspecified atom stereocenters. The first kappa shape index (κ1) is 15.0. The smallest absolute Gasteiger partial charge is 0.148 e. The predicted octanol–water partition coefficient (Wildman–Crippen LogP) is 2.76. The van der Waals surface area contributed by atoms with Crippen molar-refractivity contribution < 1.29 is 0 Å². The van der Waals surface area contributed by atoms with Crippen molar-refractivity contribution in [1.82, 2.24) is 9.97 Å². The van der Waals surface area contributed by atoms with Crippen molar-refractivity contribution in [3.8, 4) is 0 Å². The van der Waals surface area contributed by atoms with Crippen molar-refractivity contribution in [3.05, 3.63) is 11.9 Å². The van der Waals surface area contributed by atoms with E-state index in [1.54, 1.807) is 6.33 Å². The Labute approximate surface area is 121 Å². The number of nitrogens with one attached hydrogen (secondary N) is 1. The summed E-state index contributed by atoms with van der Waals surface area (Å²) in [6, 6.07) is 0. The van der Waals surface area contributed by atoms with Gasteiger partial charge in [0.15, 0.2) is 0 Å². The van der Waals surface area contributed by atoms with Crippen LogP contribution in [0.15, 0.2) is 6.33 Å². The molecule has 20 heavy (non-hydrogen) atoms. The first-order valence-corrected chi connectivity index (χ1v) is 7.61. The van der Waals surface area contributed by atoms with Crippen LogP contribution in [0.4, 0.5) is 11.6 Å². The van der Waals surface area contributed by atoms with E-state index in [9.17, 15) is 0 Å². The minimum atomic E-state index is 0.347. The number of hydrazine groups is 1. The van der Waals surface area contributed by atoms with Crippen molar-refractivity contribution in [2.24, 2.45) is 17.7 Å². The highest BCUT2D eigenvalue weighted by molar-refractivity contribution is 5.60. The zero-order valence-corrected chi connectivity index (χ0v) is 13.1. The Morgan fingerprint density at radius 2 is 1.85 bits per heavy atom. The van der Waals surface area contributed by atoms with E-state index < -0.39 is 0 Å². The van der Waals surface area contributed by atoms with E-state index in [0.29, 0.717) is 5.92 Å². The zero-order valence-electron chi connectivity index (χ0n) is 13.1. The summed E-state index contributed by atoms with van der Waals surface area (Å²) in [6.07, 6.45) is 4.08. The first-order valence-electron chi connectivity index (χ1n) is 7.61. The van der Waals surface area contributed by atoms with Crippen LogP contribution in [-0.4, -0.2) is 23.1 Å². The Hall–Kier alpha value is -1.36. The second kappa shape index (κ2) is 6.39. The van der Waals surface area contributed by atoms with Crippen LogP contribution in [0.5, 0.6) is 0 Å². The van der Waals surface area contributed by atoms with Gasteiger partial charge in [-0.05, 0) is 30.6 Å². The molecule has 0 atom stereocenters. The zero-order chi connectivity index (χ0) is 14.7. The van der Waals surface area contributed by atoms with E-state index >= 15 is 0 Å². The maximum atomic E-state index is 5.59. The van der Waals surface area contributed by atoms with Gasteiger partial charge in [-0.15, -0.1) is 0 Å². The van der Waals surface area contributed by atoms with E-state index in [-0.39, 0.29) is 0 Å². The standard InChI is InChI=1S/C15H27N5/c1-10(2)12-5-7-20(8-6-12)15-13(11(3)4)14(19-16)17-9-18-15/h9-12H,5-8,16H2,1-4H3,(H,17,18,19). The molecule has 112 valence electrons. The highest BCUT2D eigenvalue weighted by Gasteiger charge is 2.25. The van der Waals surface area contributed by atoms with E-state index in [2.05, 4.69) is 48.0 Å². The summed E-state index contributed by atoms with van der Waals surface area (Å²) in [5.41, 5.74) is 3.83. The van der Waals surface area contributed by atoms with Crippen LogP contribution in [0.1, 0.15) is 52.0 Å². The molecule has 1 fully saturated rings. The lowest BCUT2D eigenvalue weighted by atomic mass is 9.86. The van der Waals surface area contributed by atoms with Crippen molar-refractivity contribution in [3.63, 3.8) is 0 Å². The molecule has 0 aliphatic carbocycles. The summed E-state index contributed by atoms with van der Waals surface area (Å²) in [6.45, 7) is 11.1. The van der Waals surface area contributed by atoms with Crippen LogP contribution in [-0.2, 0) is 0 Å². The summed E-state index contributed by atoms with van der Waals surface area (Å²) < 4.78 is 0. The van der Waals surface area contributed by atoms with E-state index in [0.717, 1.165) is 42.1 Å². The Balaban J connectivity index is 2.21. The van der Waals surface area contributed by atoms with Crippen LogP contribution in [0.3, 0.4) is 0 Å². The lowest BCUT2D eigenvalue weighted by Crippen LogP contribution is -2.36. The number of hydrogen-bond donors (Lipinski definition) is 2. The van der Waals surface area contributed by atoms with E-state index in [1.165, 1.54) is 12.8 Å². The number of piperidine rings is 1. The molecular weight excluding hydrogens is 250 g/mol. The molecule has 1 aromatic heterocycles. The molecule has 5 heteroatoms. The molecule has 0 amide bonds. The molecule has 5 nitrogen and oxygen atoms in total. The predicted molar refractivity (Wildman–Crippen MR) is 83.7 cm³/mol. The fraction of sp³-hybridized carbons (Fsp3) is 0.733. The van der Waals surface area contributed by atoms with Crippen LogP contribution in [0.25, 0.3) is 0 Å². The van der Waals surface area contributed by atoms with Crippen molar-refractivity contribution in [2.45, 2.75) is 46.5 Å². The van der Waals surface area contributed by atoms with Crippen LogP contribution < -0.4 is 16.2 Å². The van der Waals surface area contributed by atoms with Gasteiger partial charge in [0.1, 0.15) is 18.0 Å². The molecule has 2 rings (SSSR count). The Morgan fingerprint density at radius 3 is 2.35 bits per heavy atom. The quantitative estimate of drug-likeness (QED) is 0.654. The third-order valence-corrected chi connectivity index (χ3v) is 4.36. The van der Waals surface area contributed by atoms with Gasteiger partial charge in [0.2, 0.25) is 0 Å². The van der Waals surface area contributed by atoms with E-state index in [1.807, 2.05) is 0 Å². The van der Waals surface area contributed by atoms with Crippen LogP contribution in [0.2, 0.25) is 0 Å².